The molecule has 9 heteroatoms. The van der Waals surface area contributed by atoms with Crippen molar-refractivity contribution in [2.45, 2.75) is 31.8 Å². The maximum atomic E-state index is 13.0. The number of thiophene rings is 1. The molecule has 7 nitrogen and oxygen atoms in total. The zero-order valence-electron chi connectivity index (χ0n) is 17.3. The summed E-state index contributed by atoms with van der Waals surface area (Å²) in [7, 11) is 0. The first-order chi connectivity index (χ1) is 14.9. The first-order valence-electron chi connectivity index (χ1n) is 10.4. The number of nitrogens with one attached hydrogen (secondary N) is 2. The molecule has 2 heterocycles. The van der Waals surface area contributed by atoms with Crippen molar-refractivity contribution in [3.63, 3.8) is 0 Å². The van der Waals surface area contributed by atoms with Gasteiger partial charge in [0.2, 0.25) is 5.91 Å². The monoisotopic (exact) mass is 460 g/mol. The molecule has 3 amide bonds. The third-order valence-electron chi connectivity index (χ3n) is 5.66. The molecule has 2 aliphatic rings. The summed E-state index contributed by atoms with van der Waals surface area (Å²) in [5.41, 5.74) is 0.883. The molecule has 2 N–H and O–H groups in total. The Bertz CT molecular complexity index is 969. The summed E-state index contributed by atoms with van der Waals surface area (Å²) in [6.07, 6.45) is 2.13. The van der Waals surface area contributed by atoms with E-state index in [2.05, 4.69) is 15.5 Å². The highest BCUT2D eigenvalue weighted by atomic mass is 35.5. The maximum Gasteiger partial charge on any atom is 0.265 e. The van der Waals surface area contributed by atoms with E-state index in [0.717, 1.165) is 12.8 Å². The van der Waals surface area contributed by atoms with Gasteiger partial charge in [0.05, 0.1) is 21.6 Å². The number of rotatable bonds is 6. The van der Waals surface area contributed by atoms with E-state index in [0.29, 0.717) is 53.4 Å². The number of carbonyl (C=O) groups is 3. The summed E-state index contributed by atoms with van der Waals surface area (Å²) in [6, 6.07) is 8.59. The molecule has 4 rings (SSSR count). The molecule has 31 heavy (non-hydrogen) atoms. The fourth-order valence-corrected chi connectivity index (χ4v) is 4.34. The van der Waals surface area contributed by atoms with Crippen molar-refractivity contribution < 1.29 is 14.4 Å². The lowest BCUT2D eigenvalue weighted by Crippen LogP contribution is -2.55. The Morgan fingerprint density at radius 1 is 1.13 bits per heavy atom. The molecule has 0 spiro atoms. The minimum Gasteiger partial charge on any atom is -0.352 e. The number of hydrogen-bond donors (Lipinski definition) is 2. The average molecular weight is 461 g/mol. The van der Waals surface area contributed by atoms with Gasteiger partial charge >= 0.3 is 0 Å². The minimum atomic E-state index is -0.256. The highest BCUT2D eigenvalue weighted by molar-refractivity contribution is 7.12. The molecule has 1 atom stereocenters. The van der Waals surface area contributed by atoms with Crippen LogP contribution in [0.15, 0.2) is 35.7 Å². The topological polar surface area (TPSA) is 81.8 Å². The second kappa shape index (κ2) is 9.38. The van der Waals surface area contributed by atoms with Gasteiger partial charge in [0.25, 0.3) is 11.8 Å². The number of amides is 3. The highest BCUT2D eigenvalue weighted by Crippen LogP contribution is 2.25. The molecular formula is C22H25ClN4O3S. The highest BCUT2D eigenvalue weighted by Gasteiger charge is 2.31. The third kappa shape index (κ3) is 5.26. The van der Waals surface area contributed by atoms with Gasteiger partial charge in [-0.2, -0.15) is 0 Å². The van der Waals surface area contributed by atoms with E-state index >= 15 is 0 Å². The summed E-state index contributed by atoms with van der Waals surface area (Å²) >= 11 is 7.57. The van der Waals surface area contributed by atoms with Gasteiger partial charge in [0.15, 0.2) is 0 Å². The van der Waals surface area contributed by atoms with Crippen LogP contribution in [0.4, 0.5) is 5.69 Å². The molecule has 1 aromatic heterocycles. The van der Waals surface area contributed by atoms with Gasteiger partial charge in [-0.25, -0.2) is 0 Å². The number of nitrogens with zero attached hydrogens (tertiary/aromatic N) is 2. The molecule has 1 saturated heterocycles. The van der Waals surface area contributed by atoms with Crippen molar-refractivity contribution in [1.29, 1.82) is 0 Å². The smallest absolute Gasteiger partial charge is 0.265 e. The molecule has 1 saturated carbocycles. The van der Waals surface area contributed by atoms with E-state index in [1.54, 1.807) is 35.2 Å². The van der Waals surface area contributed by atoms with Gasteiger partial charge in [-0.15, -0.1) is 11.3 Å². The summed E-state index contributed by atoms with van der Waals surface area (Å²) in [6.45, 7) is 4.27. The number of carbonyl (C=O) groups excluding carboxylic acids is 3. The Morgan fingerprint density at radius 2 is 1.87 bits per heavy atom. The lowest BCUT2D eigenvalue weighted by molar-refractivity contribution is -0.126. The van der Waals surface area contributed by atoms with E-state index in [1.807, 2.05) is 12.3 Å². The van der Waals surface area contributed by atoms with Crippen LogP contribution in [0.2, 0.25) is 5.02 Å². The lowest BCUT2D eigenvalue weighted by Gasteiger charge is -2.37. The molecule has 164 valence electrons. The average Bonchev–Trinajstić information content (AvgIpc) is 3.41. The summed E-state index contributed by atoms with van der Waals surface area (Å²) in [5, 5.41) is 8.03. The molecule has 1 aromatic carbocycles. The van der Waals surface area contributed by atoms with Crippen molar-refractivity contribution in [2.75, 3.05) is 31.5 Å². The number of halogens is 1. The van der Waals surface area contributed by atoms with Crippen LogP contribution in [0.5, 0.6) is 0 Å². The minimum absolute atomic E-state index is 0.0612. The van der Waals surface area contributed by atoms with Crippen molar-refractivity contribution in [3.8, 4) is 0 Å². The van der Waals surface area contributed by atoms with Gasteiger partial charge in [0, 0.05) is 37.8 Å². The molecule has 0 radical (unpaired) electrons. The first kappa shape index (κ1) is 21.8. The summed E-state index contributed by atoms with van der Waals surface area (Å²) in [5.74, 6) is -0.308. The van der Waals surface area contributed by atoms with Crippen LogP contribution >= 0.6 is 22.9 Å². The van der Waals surface area contributed by atoms with Gasteiger partial charge < -0.3 is 15.5 Å². The Balaban J connectivity index is 1.36. The van der Waals surface area contributed by atoms with E-state index in [1.165, 1.54) is 11.3 Å². The molecule has 1 aliphatic carbocycles. The predicted octanol–water partition coefficient (Wildman–Crippen LogP) is 3.08. The summed E-state index contributed by atoms with van der Waals surface area (Å²) < 4.78 is 0. The molecule has 1 unspecified atom stereocenters. The Kier molecular flexibility index (Phi) is 6.60. The van der Waals surface area contributed by atoms with E-state index in [-0.39, 0.29) is 23.8 Å². The fraction of sp³-hybridized carbons (Fsp3) is 0.409. The van der Waals surface area contributed by atoms with Crippen LogP contribution in [0.3, 0.4) is 0 Å². The van der Waals surface area contributed by atoms with Crippen molar-refractivity contribution in [3.05, 3.63) is 51.2 Å². The Labute approximate surface area is 190 Å². The van der Waals surface area contributed by atoms with Crippen molar-refractivity contribution in [2.24, 2.45) is 0 Å². The normalized spacial score (nSPS) is 17.8. The lowest BCUT2D eigenvalue weighted by atomic mass is 10.1. The fourth-order valence-electron chi connectivity index (χ4n) is 3.56. The zero-order chi connectivity index (χ0) is 22.0. The Morgan fingerprint density at radius 3 is 2.52 bits per heavy atom. The molecule has 2 aromatic rings. The van der Waals surface area contributed by atoms with Crippen LogP contribution in [0.25, 0.3) is 0 Å². The van der Waals surface area contributed by atoms with Gasteiger partial charge in [0.1, 0.15) is 0 Å². The van der Waals surface area contributed by atoms with Gasteiger partial charge in [-0.3, -0.25) is 19.3 Å². The van der Waals surface area contributed by atoms with E-state index in [9.17, 15) is 14.4 Å². The SMILES string of the molecule is CC(C(=O)NC1CC1)N1CCN(C(=O)c2ccc(Cl)c(NC(=O)c3cccs3)c2)CC1. The molecular weight excluding hydrogens is 436 g/mol. The van der Waals surface area contributed by atoms with Crippen LogP contribution in [0, 0.1) is 0 Å². The Hall–Kier alpha value is -2.42. The number of benzene rings is 1. The van der Waals surface area contributed by atoms with Gasteiger partial charge in [-0.05, 0) is 49.4 Å². The molecule has 0 bridgehead atoms. The third-order valence-corrected chi connectivity index (χ3v) is 6.86. The quantitative estimate of drug-likeness (QED) is 0.694. The second-order valence-corrected chi connectivity index (χ2v) is 9.27. The van der Waals surface area contributed by atoms with Crippen LogP contribution in [-0.2, 0) is 4.79 Å². The predicted molar refractivity (Wildman–Crippen MR) is 122 cm³/mol. The van der Waals surface area contributed by atoms with Crippen LogP contribution < -0.4 is 10.6 Å². The standard InChI is InChI=1S/C22H25ClN4O3S/c1-14(20(28)24-16-5-6-16)26-8-10-27(11-9-26)22(30)15-4-7-17(23)18(13-15)25-21(29)19-3-2-12-31-19/h2-4,7,12-14,16H,5-6,8-11H2,1H3,(H,24,28)(H,25,29). The summed E-state index contributed by atoms with van der Waals surface area (Å²) in [4.78, 5) is 42.1. The van der Waals surface area contributed by atoms with Crippen LogP contribution in [0.1, 0.15) is 39.8 Å². The molecule has 2 fully saturated rings. The molecule has 1 aliphatic heterocycles. The first-order valence-corrected chi connectivity index (χ1v) is 11.7. The van der Waals surface area contributed by atoms with E-state index < -0.39 is 0 Å². The van der Waals surface area contributed by atoms with Gasteiger partial charge in [-0.1, -0.05) is 17.7 Å². The number of anilines is 1. The van der Waals surface area contributed by atoms with E-state index in [4.69, 9.17) is 11.6 Å². The largest absolute Gasteiger partial charge is 0.352 e. The second-order valence-electron chi connectivity index (χ2n) is 7.91. The van der Waals surface area contributed by atoms with Crippen molar-refractivity contribution >= 4 is 46.3 Å². The zero-order valence-corrected chi connectivity index (χ0v) is 18.8. The van der Waals surface area contributed by atoms with Crippen LogP contribution in [-0.4, -0.2) is 65.8 Å². The number of piperazine rings is 1. The maximum absolute atomic E-state index is 13.0. The van der Waals surface area contributed by atoms with Crippen molar-refractivity contribution in [1.82, 2.24) is 15.1 Å². The number of hydrogen-bond acceptors (Lipinski definition) is 5.